The quantitative estimate of drug-likeness (QED) is 0.468. The van der Waals surface area contributed by atoms with Gasteiger partial charge in [0.15, 0.2) is 5.76 Å². The first-order valence-corrected chi connectivity index (χ1v) is 8.71. The van der Waals surface area contributed by atoms with Gasteiger partial charge in [-0.1, -0.05) is 29.4 Å². The number of nitrogens with two attached hydrogens (primary N) is 1. The zero-order valence-electron chi connectivity index (χ0n) is 14.7. The van der Waals surface area contributed by atoms with E-state index in [1.54, 1.807) is 12.4 Å². The summed E-state index contributed by atoms with van der Waals surface area (Å²) in [4.78, 5) is 4.08. The first-order valence-electron chi connectivity index (χ1n) is 8.71. The summed E-state index contributed by atoms with van der Waals surface area (Å²) in [6, 6.07) is 16.0. The average molecular weight is 360 g/mol. The zero-order chi connectivity index (χ0) is 18.5. The Morgan fingerprint density at radius 1 is 1.00 bits per heavy atom. The Morgan fingerprint density at radius 2 is 1.85 bits per heavy atom. The van der Waals surface area contributed by atoms with E-state index >= 15 is 0 Å². The highest BCUT2D eigenvalue weighted by Gasteiger charge is 2.10. The van der Waals surface area contributed by atoms with Crippen LogP contribution in [0.5, 0.6) is 0 Å². The van der Waals surface area contributed by atoms with Crippen LogP contribution in [-0.4, -0.2) is 20.3 Å². The van der Waals surface area contributed by atoms with Crippen molar-refractivity contribution in [1.82, 2.24) is 25.7 Å². The molecule has 1 aromatic carbocycles. The first kappa shape index (κ1) is 17.0. The second-order valence-corrected chi connectivity index (χ2v) is 6.30. The summed E-state index contributed by atoms with van der Waals surface area (Å²) in [6.07, 6.45) is 4.11. The zero-order valence-corrected chi connectivity index (χ0v) is 14.7. The third-order valence-corrected chi connectivity index (χ3v) is 4.27. The molecule has 4 N–H and O–H groups in total. The Morgan fingerprint density at radius 3 is 2.63 bits per heavy atom. The van der Waals surface area contributed by atoms with Gasteiger partial charge in [-0.25, -0.2) is 4.98 Å². The highest BCUT2D eigenvalue weighted by Crippen LogP contribution is 2.25. The highest BCUT2D eigenvalue weighted by molar-refractivity contribution is 5.69. The lowest BCUT2D eigenvalue weighted by atomic mass is 10.1. The fourth-order valence-electron chi connectivity index (χ4n) is 2.86. The molecule has 4 aromatic rings. The topological polar surface area (TPSA) is 106 Å². The van der Waals surface area contributed by atoms with Crippen molar-refractivity contribution >= 4 is 5.82 Å². The van der Waals surface area contributed by atoms with Gasteiger partial charge in [0.05, 0.1) is 11.3 Å². The van der Waals surface area contributed by atoms with E-state index in [1.807, 2.05) is 24.3 Å². The van der Waals surface area contributed by atoms with E-state index in [2.05, 4.69) is 49.9 Å². The minimum absolute atomic E-state index is 0.437. The van der Waals surface area contributed by atoms with E-state index < -0.39 is 0 Å². The van der Waals surface area contributed by atoms with E-state index in [4.69, 9.17) is 10.3 Å². The highest BCUT2D eigenvalue weighted by atomic mass is 16.5. The van der Waals surface area contributed by atoms with Gasteiger partial charge in [0.2, 0.25) is 0 Å². The lowest BCUT2D eigenvalue weighted by Gasteiger charge is -2.05. The van der Waals surface area contributed by atoms with Crippen LogP contribution < -0.4 is 11.1 Å². The minimum atomic E-state index is 0.437. The smallest absolute Gasteiger partial charge is 0.170 e. The van der Waals surface area contributed by atoms with Crippen molar-refractivity contribution < 1.29 is 4.52 Å². The SMILES string of the molecule is Nc1ncccc1-c1cc(Cc2ccc(CNCc3ccn[nH]3)cc2)no1. The normalized spacial score (nSPS) is 11.0. The van der Waals surface area contributed by atoms with Gasteiger partial charge in [0.25, 0.3) is 0 Å². The second kappa shape index (κ2) is 7.84. The number of pyridine rings is 1. The van der Waals surface area contributed by atoms with E-state index in [0.29, 0.717) is 18.0 Å². The molecular weight excluding hydrogens is 340 g/mol. The van der Waals surface area contributed by atoms with Gasteiger partial charge >= 0.3 is 0 Å². The fraction of sp³-hybridized carbons (Fsp3) is 0.150. The standard InChI is InChI=1S/C20H20N6O/c21-20-18(2-1-8-23-20)19-11-17(26-27-19)10-14-3-5-15(6-4-14)12-22-13-16-7-9-24-25-16/h1-9,11,22H,10,12-13H2,(H2,21,23)(H,24,25). The molecule has 0 aliphatic heterocycles. The van der Waals surface area contributed by atoms with Crippen molar-refractivity contribution in [2.45, 2.75) is 19.5 Å². The molecule has 0 atom stereocenters. The monoisotopic (exact) mass is 360 g/mol. The van der Waals surface area contributed by atoms with Crippen molar-refractivity contribution in [2.75, 3.05) is 5.73 Å². The van der Waals surface area contributed by atoms with E-state index in [-0.39, 0.29) is 0 Å². The van der Waals surface area contributed by atoms with Crippen molar-refractivity contribution in [1.29, 1.82) is 0 Å². The van der Waals surface area contributed by atoms with Gasteiger partial charge in [-0.2, -0.15) is 5.10 Å². The Bertz CT molecular complexity index is 992. The van der Waals surface area contributed by atoms with Crippen LogP contribution in [-0.2, 0) is 19.5 Å². The predicted molar refractivity (Wildman–Crippen MR) is 103 cm³/mol. The van der Waals surface area contributed by atoms with Crippen LogP contribution in [0.25, 0.3) is 11.3 Å². The van der Waals surface area contributed by atoms with Gasteiger partial charge in [-0.3, -0.25) is 5.10 Å². The van der Waals surface area contributed by atoms with Crippen LogP contribution in [0.4, 0.5) is 5.82 Å². The summed E-state index contributed by atoms with van der Waals surface area (Å²) in [5, 5.41) is 14.4. The summed E-state index contributed by atoms with van der Waals surface area (Å²) < 4.78 is 5.43. The molecule has 0 aliphatic carbocycles. The number of anilines is 1. The number of nitrogen functional groups attached to an aromatic ring is 1. The third kappa shape index (κ3) is 4.21. The van der Waals surface area contributed by atoms with Gasteiger partial charge in [-0.05, 0) is 29.3 Å². The molecule has 0 bridgehead atoms. The van der Waals surface area contributed by atoms with Crippen LogP contribution >= 0.6 is 0 Å². The molecule has 0 fully saturated rings. The third-order valence-electron chi connectivity index (χ3n) is 4.27. The number of hydrogen-bond donors (Lipinski definition) is 3. The maximum atomic E-state index is 5.89. The van der Waals surface area contributed by atoms with Crippen molar-refractivity contribution in [2.24, 2.45) is 0 Å². The van der Waals surface area contributed by atoms with Crippen LogP contribution in [0.1, 0.15) is 22.5 Å². The first-order chi connectivity index (χ1) is 13.3. The van der Waals surface area contributed by atoms with Crippen molar-refractivity contribution in [3.63, 3.8) is 0 Å². The number of hydrogen-bond acceptors (Lipinski definition) is 6. The molecule has 0 amide bonds. The second-order valence-electron chi connectivity index (χ2n) is 6.30. The minimum Gasteiger partial charge on any atom is -0.383 e. The lowest BCUT2D eigenvalue weighted by molar-refractivity contribution is 0.425. The molecule has 0 unspecified atom stereocenters. The Balaban J connectivity index is 1.35. The Labute approximate surface area is 156 Å². The molecule has 136 valence electrons. The summed E-state index contributed by atoms with van der Waals surface area (Å²) in [5.41, 5.74) is 11.0. The summed E-state index contributed by atoms with van der Waals surface area (Å²) in [6.45, 7) is 1.56. The summed E-state index contributed by atoms with van der Waals surface area (Å²) in [7, 11) is 0. The Kier molecular flexibility index (Phi) is 4.93. The molecule has 0 spiro atoms. The number of aromatic nitrogens is 4. The molecule has 4 rings (SSSR count). The molecule has 0 aliphatic rings. The number of benzene rings is 1. The summed E-state index contributed by atoms with van der Waals surface area (Å²) in [5.74, 6) is 1.07. The molecule has 3 aromatic heterocycles. The van der Waals surface area contributed by atoms with Crippen molar-refractivity contribution in [3.05, 3.63) is 83.4 Å². The van der Waals surface area contributed by atoms with E-state index in [1.165, 1.54) is 11.1 Å². The summed E-state index contributed by atoms with van der Waals surface area (Å²) >= 11 is 0. The van der Waals surface area contributed by atoms with Gasteiger partial charge < -0.3 is 15.6 Å². The Hall–Kier alpha value is -3.45. The fourth-order valence-corrected chi connectivity index (χ4v) is 2.86. The molecular formula is C20H20N6O. The van der Waals surface area contributed by atoms with E-state index in [9.17, 15) is 0 Å². The van der Waals surface area contributed by atoms with Crippen LogP contribution in [0, 0.1) is 0 Å². The maximum absolute atomic E-state index is 5.89. The van der Waals surface area contributed by atoms with Gasteiger partial charge in [0, 0.05) is 43.7 Å². The van der Waals surface area contributed by atoms with Gasteiger partial charge in [-0.15, -0.1) is 0 Å². The number of H-pyrrole nitrogens is 1. The molecule has 7 heteroatoms. The lowest BCUT2D eigenvalue weighted by Crippen LogP contribution is -2.12. The average Bonchev–Trinajstić information content (AvgIpc) is 3.36. The molecule has 0 saturated carbocycles. The molecule has 27 heavy (non-hydrogen) atoms. The van der Waals surface area contributed by atoms with Crippen LogP contribution in [0.2, 0.25) is 0 Å². The van der Waals surface area contributed by atoms with Crippen molar-refractivity contribution in [3.8, 4) is 11.3 Å². The molecule has 0 saturated heterocycles. The van der Waals surface area contributed by atoms with E-state index in [0.717, 1.165) is 30.0 Å². The molecule has 0 radical (unpaired) electrons. The maximum Gasteiger partial charge on any atom is 0.170 e. The largest absolute Gasteiger partial charge is 0.383 e. The number of nitrogens with zero attached hydrogens (tertiary/aromatic N) is 3. The molecule has 7 nitrogen and oxygen atoms in total. The number of nitrogens with one attached hydrogen (secondary N) is 2. The predicted octanol–water partition coefficient (Wildman–Crippen LogP) is 2.92. The number of rotatable bonds is 7. The molecule has 3 heterocycles. The van der Waals surface area contributed by atoms with Gasteiger partial charge in [0.1, 0.15) is 5.82 Å². The van der Waals surface area contributed by atoms with Crippen LogP contribution in [0.15, 0.2) is 65.4 Å². The number of aromatic amines is 1. The van der Waals surface area contributed by atoms with Crippen LogP contribution in [0.3, 0.4) is 0 Å².